The summed E-state index contributed by atoms with van der Waals surface area (Å²) in [6, 6.07) is 6.70. The molecule has 1 aliphatic heterocycles. The van der Waals surface area contributed by atoms with Crippen LogP contribution in [0, 0.1) is 0 Å². The molecule has 24 heavy (non-hydrogen) atoms. The number of hydrogen-bond donors (Lipinski definition) is 1. The normalized spacial score (nSPS) is 22.1. The summed E-state index contributed by atoms with van der Waals surface area (Å²) in [5.41, 5.74) is 0.431. The van der Waals surface area contributed by atoms with Gasteiger partial charge in [-0.2, -0.15) is 4.31 Å². The molecular formula is C16H24N2O5S. The fourth-order valence-corrected chi connectivity index (χ4v) is 4.14. The van der Waals surface area contributed by atoms with E-state index < -0.39 is 10.0 Å². The van der Waals surface area contributed by atoms with Gasteiger partial charge >= 0.3 is 0 Å². The van der Waals surface area contributed by atoms with Crippen LogP contribution in [-0.2, 0) is 14.8 Å². The lowest BCUT2D eigenvalue weighted by atomic mass is 10.2. The van der Waals surface area contributed by atoms with E-state index in [4.69, 9.17) is 9.47 Å². The summed E-state index contributed by atoms with van der Waals surface area (Å²) >= 11 is 0. The van der Waals surface area contributed by atoms with Gasteiger partial charge in [0.15, 0.2) is 0 Å². The molecule has 0 saturated carbocycles. The average Bonchev–Trinajstić information content (AvgIpc) is 2.53. The molecule has 8 heteroatoms. The monoisotopic (exact) mass is 356 g/mol. The number of hydrogen-bond acceptors (Lipinski definition) is 5. The van der Waals surface area contributed by atoms with E-state index in [-0.39, 0.29) is 30.4 Å². The maximum absolute atomic E-state index is 12.4. The lowest BCUT2D eigenvalue weighted by Crippen LogP contribution is -2.49. The number of amides is 1. The zero-order valence-electron chi connectivity index (χ0n) is 14.2. The third-order valence-electron chi connectivity index (χ3n) is 3.76. The predicted molar refractivity (Wildman–Crippen MR) is 90.7 cm³/mol. The summed E-state index contributed by atoms with van der Waals surface area (Å²) in [5, 5.41) is 2.64. The third kappa shape index (κ3) is 4.93. The fraction of sp³-hybridized carbons (Fsp3) is 0.562. The molecule has 1 saturated heterocycles. The molecule has 0 aromatic heterocycles. The Morgan fingerprint density at radius 3 is 2.62 bits per heavy atom. The number of nitrogens with one attached hydrogen (secondary N) is 1. The summed E-state index contributed by atoms with van der Waals surface area (Å²) in [6.07, 6.45) is -0.259. The fourth-order valence-electron chi connectivity index (χ4n) is 2.65. The van der Waals surface area contributed by atoms with E-state index in [1.165, 1.54) is 11.4 Å². The van der Waals surface area contributed by atoms with Crippen LogP contribution in [-0.4, -0.2) is 63.3 Å². The summed E-state index contributed by atoms with van der Waals surface area (Å²) in [4.78, 5) is 12.1. The smallest absolute Gasteiger partial charge is 0.251 e. The largest absolute Gasteiger partial charge is 0.497 e. The van der Waals surface area contributed by atoms with E-state index in [0.717, 1.165) is 0 Å². The molecule has 0 radical (unpaired) electrons. The highest BCUT2D eigenvalue weighted by Gasteiger charge is 2.30. The van der Waals surface area contributed by atoms with E-state index in [2.05, 4.69) is 5.32 Å². The Balaban J connectivity index is 1.89. The number of methoxy groups -OCH3 is 1. The van der Waals surface area contributed by atoms with E-state index in [1.54, 1.807) is 24.3 Å². The molecule has 1 aliphatic rings. The van der Waals surface area contributed by atoms with Crippen molar-refractivity contribution in [3.8, 4) is 5.75 Å². The van der Waals surface area contributed by atoms with Gasteiger partial charge in [-0.3, -0.25) is 4.79 Å². The number of carbonyl (C=O) groups excluding carboxylic acids is 1. The predicted octanol–water partition coefficient (Wildman–Crippen LogP) is 0.864. The second-order valence-electron chi connectivity index (χ2n) is 5.88. The van der Waals surface area contributed by atoms with Crippen LogP contribution in [0.2, 0.25) is 0 Å². The van der Waals surface area contributed by atoms with Gasteiger partial charge in [-0.05, 0) is 32.0 Å². The highest BCUT2D eigenvalue weighted by Crippen LogP contribution is 2.15. The molecule has 0 unspecified atom stereocenters. The van der Waals surface area contributed by atoms with E-state index in [9.17, 15) is 13.2 Å². The molecule has 134 valence electrons. The molecule has 1 aromatic rings. The molecule has 0 bridgehead atoms. The van der Waals surface area contributed by atoms with Crippen molar-refractivity contribution in [3.63, 3.8) is 0 Å². The number of carbonyl (C=O) groups is 1. The van der Waals surface area contributed by atoms with E-state index in [0.29, 0.717) is 24.4 Å². The number of ether oxygens (including phenoxy) is 2. The minimum atomic E-state index is -3.43. The summed E-state index contributed by atoms with van der Waals surface area (Å²) in [6.45, 7) is 4.44. The van der Waals surface area contributed by atoms with Crippen molar-refractivity contribution in [2.24, 2.45) is 0 Å². The molecule has 2 rings (SSSR count). The lowest BCUT2D eigenvalue weighted by molar-refractivity contribution is -0.0440. The maximum Gasteiger partial charge on any atom is 0.251 e. The number of morpholine rings is 1. The first kappa shape index (κ1) is 18.7. The second kappa shape index (κ2) is 7.96. The second-order valence-corrected chi connectivity index (χ2v) is 7.97. The maximum atomic E-state index is 12.4. The van der Waals surface area contributed by atoms with Gasteiger partial charge in [-0.1, -0.05) is 6.07 Å². The minimum absolute atomic E-state index is 0.0541. The average molecular weight is 356 g/mol. The van der Waals surface area contributed by atoms with Gasteiger partial charge < -0.3 is 14.8 Å². The molecule has 0 aliphatic carbocycles. The number of sulfonamides is 1. The van der Waals surface area contributed by atoms with Crippen molar-refractivity contribution in [1.29, 1.82) is 0 Å². The van der Waals surface area contributed by atoms with Gasteiger partial charge in [0.25, 0.3) is 5.91 Å². The molecule has 1 amide bonds. The molecule has 1 fully saturated rings. The quantitative estimate of drug-likeness (QED) is 0.817. The van der Waals surface area contributed by atoms with Gasteiger partial charge in [-0.25, -0.2) is 8.42 Å². The molecule has 1 heterocycles. The summed E-state index contributed by atoms with van der Waals surface area (Å²) < 4.78 is 36.8. The Kier molecular flexibility index (Phi) is 6.20. The highest BCUT2D eigenvalue weighted by atomic mass is 32.2. The van der Waals surface area contributed by atoms with E-state index in [1.807, 2.05) is 13.8 Å². The molecule has 2 atom stereocenters. The van der Waals surface area contributed by atoms with Gasteiger partial charge in [0.05, 0.1) is 25.1 Å². The molecule has 1 aromatic carbocycles. The minimum Gasteiger partial charge on any atom is -0.497 e. The zero-order chi connectivity index (χ0) is 17.7. The summed E-state index contributed by atoms with van der Waals surface area (Å²) in [7, 11) is -1.90. The van der Waals surface area contributed by atoms with Crippen LogP contribution >= 0.6 is 0 Å². The van der Waals surface area contributed by atoms with Crippen molar-refractivity contribution in [3.05, 3.63) is 29.8 Å². The third-order valence-corrected chi connectivity index (χ3v) is 5.56. The lowest BCUT2D eigenvalue weighted by Gasteiger charge is -2.34. The van der Waals surface area contributed by atoms with Crippen LogP contribution in [0.3, 0.4) is 0 Å². The summed E-state index contributed by atoms with van der Waals surface area (Å²) in [5.74, 6) is 0.113. The van der Waals surface area contributed by atoms with Crippen LogP contribution in [0.25, 0.3) is 0 Å². The number of rotatable bonds is 6. The molecule has 7 nitrogen and oxygen atoms in total. The van der Waals surface area contributed by atoms with Gasteiger partial charge in [0.2, 0.25) is 10.0 Å². The Morgan fingerprint density at radius 1 is 1.33 bits per heavy atom. The molecule has 1 N–H and O–H groups in total. The van der Waals surface area contributed by atoms with Crippen LogP contribution in [0.1, 0.15) is 24.2 Å². The Labute approximate surface area is 143 Å². The van der Waals surface area contributed by atoms with Crippen molar-refractivity contribution >= 4 is 15.9 Å². The Bertz CT molecular complexity index is 667. The molecular weight excluding hydrogens is 332 g/mol. The van der Waals surface area contributed by atoms with Crippen LogP contribution in [0.5, 0.6) is 5.75 Å². The van der Waals surface area contributed by atoms with Crippen LogP contribution in [0.15, 0.2) is 24.3 Å². The first-order valence-electron chi connectivity index (χ1n) is 7.87. The highest BCUT2D eigenvalue weighted by molar-refractivity contribution is 7.89. The number of benzene rings is 1. The van der Waals surface area contributed by atoms with Crippen molar-refractivity contribution in [2.75, 3.05) is 32.5 Å². The van der Waals surface area contributed by atoms with Crippen LogP contribution < -0.4 is 10.1 Å². The van der Waals surface area contributed by atoms with Crippen molar-refractivity contribution in [1.82, 2.24) is 9.62 Å². The van der Waals surface area contributed by atoms with Gasteiger partial charge in [0, 0.05) is 25.2 Å². The molecule has 0 spiro atoms. The van der Waals surface area contributed by atoms with Crippen molar-refractivity contribution in [2.45, 2.75) is 26.1 Å². The standard InChI is InChI=1S/C16H24N2O5S/c1-12-10-18(11-13(2)23-12)24(20,21)8-7-17-16(19)14-5-4-6-15(9-14)22-3/h4-6,9,12-13H,7-8,10-11H2,1-3H3,(H,17,19)/t12-,13-/m0/s1. The first-order chi connectivity index (χ1) is 11.3. The van der Waals surface area contributed by atoms with E-state index >= 15 is 0 Å². The Hall–Kier alpha value is -1.64. The topological polar surface area (TPSA) is 84.9 Å². The number of nitrogens with zero attached hydrogens (tertiary/aromatic N) is 1. The van der Waals surface area contributed by atoms with Crippen LogP contribution in [0.4, 0.5) is 0 Å². The zero-order valence-corrected chi connectivity index (χ0v) is 15.0. The SMILES string of the molecule is COc1cccc(C(=O)NCCS(=O)(=O)N2C[C@H](C)O[C@@H](C)C2)c1. The van der Waals surface area contributed by atoms with Crippen molar-refractivity contribution < 1.29 is 22.7 Å². The Morgan fingerprint density at radius 2 is 2.00 bits per heavy atom. The first-order valence-corrected chi connectivity index (χ1v) is 9.48. The van der Waals surface area contributed by atoms with Gasteiger partial charge in [-0.15, -0.1) is 0 Å². The van der Waals surface area contributed by atoms with Gasteiger partial charge in [0.1, 0.15) is 5.75 Å².